The topological polar surface area (TPSA) is 59.4 Å². The van der Waals surface area contributed by atoms with Crippen LogP contribution in [-0.4, -0.2) is 22.7 Å². The number of hydrogen-bond acceptors (Lipinski definition) is 4. The molecule has 4 nitrogen and oxygen atoms in total. The van der Waals surface area contributed by atoms with E-state index in [-0.39, 0.29) is 17.2 Å². The third-order valence-electron chi connectivity index (χ3n) is 2.26. The van der Waals surface area contributed by atoms with E-state index in [0.717, 1.165) is 0 Å². The van der Waals surface area contributed by atoms with Gasteiger partial charge < -0.3 is 9.84 Å². The van der Waals surface area contributed by atoms with Gasteiger partial charge in [0.05, 0.1) is 21.8 Å². The third kappa shape index (κ3) is 2.97. The fourth-order valence-corrected chi connectivity index (χ4v) is 2.13. The van der Waals surface area contributed by atoms with Gasteiger partial charge in [0.15, 0.2) is 6.10 Å². The van der Waals surface area contributed by atoms with Gasteiger partial charge in [-0.15, -0.1) is 0 Å². The summed E-state index contributed by atoms with van der Waals surface area (Å²) in [6, 6.07) is 0. The molecule has 0 unspecified atom stereocenters. The van der Waals surface area contributed by atoms with Crippen LogP contribution in [0.3, 0.4) is 0 Å². The summed E-state index contributed by atoms with van der Waals surface area (Å²) < 4.78 is 5.32. The van der Waals surface area contributed by atoms with Crippen LogP contribution in [0.5, 0.6) is 0 Å². The molecule has 1 rings (SSSR count). The molecule has 1 heterocycles. The SMILES string of the molecule is CCOC(=O)[C@@H](O)c1c(C)nc(C)c(Br)c1Cl. The molecular weight excluding hydrogens is 309 g/mol. The van der Waals surface area contributed by atoms with Gasteiger partial charge in [-0.1, -0.05) is 11.6 Å². The number of carbonyl (C=O) groups is 1. The van der Waals surface area contributed by atoms with Crippen LogP contribution < -0.4 is 0 Å². The first-order valence-corrected chi connectivity index (χ1v) is 6.24. The van der Waals surface area contributed by atoms with Crippen LogP contribution in [0.4, 0.5) is 0 Å². The summed E-state index contributed by atoms with van der Waals surface area (Å²) in [5.74, 6) is -0.727. The number of aryl methyl sites for hydroxylation is 2. The van der Waals surface area contributed by atoms with Crippen molar-refractivity contribution in [3.63, 3.8) is 0 Å². The van der Waals surface area contributed by atoms with E-state index in [1.165, 1.54) is 0 Å². The van der Waals surface area contributed by atoms with Gasteiger partial charge in [0.2, 0.25) is 0 Å². The second-order valence-corrected chi connectivity index (χ2v) is 4.65. The molecule has 0 aromatic carbocycles. The molecule has 1 N–H and O–H groups in total. The standard InChI is InChI=1S/C11H13BrClNO3/c1-4-17-11(16)10(15)7-5(2)14-6(3)8(12)9(7)13/h10,15H,4H2,1-3H3/t10-/m0/s1. The minimum absolute atomic E-state index is 0.201. The molecule has 0 radical (unpaired) electrons. The first kappa shape index (κ1) is 14.4. The van der Waals surface area contributed by atoms with Crippen molar-refractivity contribution in [1.82, 2.24) is 4.98 Å². The average molecular weight is 323 g/mol. The number of ether oxygens (including phenoxy) is 1. The zero-order valence-corrected chi connectivity index (χ0v) is 12.1. The molecule has 0 aliphatic rings. The molecule has 0 spiro atoms. The number of pyridine rings is 1. The van der Waals surface area contributed by atoms with Gasteiger partial charge >= 0.3 is 5.97 Å². The molecule has 1 atom stereocenters. The molecule has 1 aromatic rings. The molecule has 94 valence electrons. The number of esters is 1. The Balaban J connectivity index is 3.22. The maximum Gasteiger partial charge on any atom is 0.339 e. The summed E-state index contributed by atoms with van der Waals surface area (Å²) in [7, 11) is 0. The zero-order chi connectivity index (χ0) is 13.2. The molecule has 0 fully saturated rings. The molecule has 0 amide bonds. The van der Waals surface area contributed by atoms with E-state index in [4.69, 9.17) is 16.3 Å². The Morgan fingerprint density at radius 1 is 1.53 bits per heavy atom. The number of hydrogen-bond donors (Lipinski definition) is 1. The summed E-state index contributed by atoms with van der Waals surface area (Å²) in [5.41, 5.74) is 1.49. The predicted octanol–water partition coefficient (Wildman–Crippen LogP) is 2.71. The predicted molar refractivity (Wildman–Crippen MR) is 68.0 cm³/mol. The molecule has 6 heteroatoms. The molecule has 0 aliphatic heterocycles. The highest BCUT2D eigenvalue weighted by molar-refractivity contribution is 9.10. The molecular formula is C11H13BrClNO3. The summed E-state index contributed by atoms with van der Waals surface area (Å²) in [6.07, 6.45) is -1.41. The van der Waals surface area contributed by atoms with Crippen molar-refractivity contribution in [2.24, 2.45) is 0 Å². The van der Waals surface area contributed by atoms with E-state index < -0.39 is 12.1 Å². The van der Waals surface area contributed by atoms with E-state index in [0.29, 0.717) is 15.9 Å². The summed E-state index contributed by atoms with van der Waals surface area (Å²) >= 11 is 9.35. The van der Waals surface area contributed by atoms with Crippen LogP contribution in [0.2, 0.25) is 5.02 Å². The van der Waals surface area contributed by atoms with E-state index in [2.05, 4.69) is 20.9 Å². The Labute approximate surface area is 113 Å². The largest absolute Gasteiger partial charge is 0.464 e. The highest BCUT2D eigenvalue weighted by Crippen LogP contribution is 2.34. The monoisotopic (exact) mass is 321 g/mol. The van der Waals surface area contributed by atoms with E-state index >= 15 is 0 Å². The first-order chi connectivity index (χ1) is 7.90. The maximum absolute atomic E-state index is 11.5. The van der Waals surface area contributed by atoms with Crippen molar-refractivity contribution in [3.8, 4) is 0 Å². The van der Waals surface area contributed by atoms with Crippen molar-refractivity contribution >= 4 is 33.5 Å². The lowest BCUT2D eigenvalue weighted by molar-refractivity contribution is -0.153. The van der Waals surface area contributed by atoms with Crippen LogP contribution in [0.15, 0.2) is 4.47 Å². The van der Waals surface area contributed by atoms with E-state index in [1.807, 2.05) is 0 Å². The lowest BCUT2D eigenvalue weighted by atomic mass is 10.1. The van der Waals surface area contributed by atoms with Crippen molar-refractivity contribution in [1.29, 1.82) is 0 Å². The smallest absolute Gasteiger partial charge is 0.339 e. The van der Waals surface area contributed by atoms with Crippen molar-refractivity contribution in [2.75, 3.05) is 6.61 Å². The summed E-state index contributed by atoms with van der Waals surface area (Å²) in [5, 5.41) is 10.2. The lowest BCUT2D eigenvalue weighted by Gasteiger charge is -2.15. The van der Waals surface area contributed by atoms with Crippen molar-refractivity contribution in [2.45, 2.75) is 26.9 Å². The number of nitrogens with zero attached hydrogens (tertiary/aromatic N) is 1. The number of rotatable bonds is 3. The Bertz CT molecular complexity index is 451. The molecule has 17 heavy (non-hydrogen) atoms. The van der Waals surface area contributed by atoms with Crippen LogP contribution in [0, 0.1) is 13.8 Å². The Morgan fingerprint density at radius 3 is 2.65 bits per heavy atom. The van der Waals surface area contributed by atoms with Crippen LogP contribution in [-0.2, 0) is 9.53 Å². The van der Waals surface area contributed by atoms with Gasteiger partial charge in [0, 0.05) is 11.3 Å². The Morgan fingerprint density at radius 2 is 2.12 bits per heavy atom. The van der Waals surface area contributed by atoms with Crippen molar-refractivity contribution in [3.05, 3.63) is 26.4 Å². The first-order valence-electron chi connectivity index (χ1n) is 5.06. The van der Waals surface area contributed by atoms with Crippen LogP contribution >= 0.6 is 27.5 Å². The number of aromatic nitrogens is 1. The maximum atomic E-state index is 11.5. The number of carbonyl (C=O) groups excluding carboxylic acids is 1. The number of halogens is 2. The van der Waals surface area contributed by atoms with Gasteiger partial charge in [0.1, 0.15) is 0 Å². The van der Waals surface area contributed by atoms with Crippen LogP contribution in [0.25, 0.3) is 0 Å². The highest BCUT2D eigenvalue weighted by atomic mass is 79.9. The van der Waals surface area contributed by atoms with E-state index in [9.17, 15) is 9.90 Å². The Kier molecular flexibility index (Phi) is 4.91. The molecule has 1 aromatic heterocycles. The minimum Gasteiger partial charge on any atom is -0.464 e. The normalized spacial score (nSPS) is 12.4. The third-order valence-corrected chi connectivity index (χ3v) is 3.85. The van der Waals surface area contributed by atoms with Gasteiger partial charge in [-0.05, 0) is 36.7 Å². The highest BCUT2D eigenvalue weighted by Gasteiger charge is 2.26. The minimum atomic E-state index is -1.41. The zero-order valence-electron chi connectivity index (χ0n) is 9.75. The van der Waals surface area contributed by atoms with E-state index in [1.54, 1.807) is 20.8 Å². The molecule has 0 bridgehead atoms. The van der Waals surface area contributed by atoms with Gasteiger partial charge in [-0.25, -0.2) is 4.79 Å². The lowest BCUT2D eigenvalue weighted by Crippen LogP contribution is -2.17. The summed E-state index contributed by atoms with van der Waals surface area (Å²) in [4.78, 5) is 15.7. The quantitative estimate of drug-likeness (QED) is 0.869. The van der Waals surface area contributed by atoms with Crippen LogP contribution in [0.1, 0.15) is 30.0 Å². The molecule has 0 saturated heterocycles. The molecule has 0 aliphatic carbocycles. The van der Waals surface area contributed by atoms with Gasteiger partial charge in [0.25, 0.3) is 0 Å². The second kappa shape index (κ2) is 5.80. The molecule has 0 saturated carbocycles. The number of aliphatic hydroxyl groups is 1. The summed E-state index contributed by atoms with van der Waals surface area (Å²) in [6.45, 7) is 5.34. The average Bonchev–Trinajstić information content (AvgIpc) is 2.26. The number of aliphatic hydroxyl groups excluding tert-OH is 1. The fourth-order valence-electron chi connectivity index (χ4n) is 1.45. The second-order valence-electron chi connectivity index (χ2n) is 3.48. The van der Waals surface area contributed by atoms with Gasteiger partial charge in [-0.3, -0.25) is 4.98 Å². The van der Waals surface area contributed by atoms with Gasteiger partial charge in [-0.2, -0.15) is 0 Å². The fraction of sp³-hybridized carbons (Fsp3) is 0.455. The Hall–Kier alpha value is -0.650. The van der Waals surface area contributed by atoms with Crippen molar-refractivity contribution < 1.29 is 14.6 Å².